The lowest BCUT2D eigenvalue weighted by molar-refractivity contribution is -0.0130. The third-order valence-corrected chi connectivity index (χ3v) is 11.1. The molecule has 0 saturated carbocycles. The smallest absolute Gasteiger partial charge is 0.231 e. The van der Waals surface area contributed by atoms with Gasteiger partial charge in [-0.3, -0.25) is 9.80 Å². The van der Waals surface area contributed by atoms with Crippen molar-refractivity contribution in [3.8, 4) is 0 Å². The van der Waals surface area contributed by atoms with Crippen LogP contribution in [0.25, 0.3) is 0 Å². The summed E-state index contributed by atoms with van der Waals surface area (Å²) in [6.45, 7) is 28.6. The summed E-state index contributed by atoms with van der Waals surface area (Å²) in [7, 11) is 4.53. The molecule has 0 atom stereocenters. The van der Waals surface area contributed by atoms with Crippen LogP contribution in [0.15, 0.2) is 0 Å². The summed E-state index contributed by atoms with van der Waals surface area (Å²) in [6.07, 6.45) is 9.75. The van der Waals surface area contributed by atoms with E-state index in [0.717, 1.165) is 102 Å². The maximum Gasteiger partial charge on any atom is 0.231 e. The Labute approximate surface area is 294 Å². The fraction of sp³-hybridized carbons (Fsp3) is 0.917. The van der Waals surface area contributed by atoms with Crippen LogP contribution in [-0.2, 0) is 0 Å². The molecule has 274 valence electrons. The fourth-order valence-electron chi connectivity index (χ4n) is 7.67. The van der Waals surface area contributed by atoms with Crippen molar-refractivity contribution in [3.05, 3.63) is 5.28 Å². The summed E-state index contributed by atoms with van der Waals surface area (Å²) in [5.74, 6) is 1.49. The summed E-state index contributed by atoms with van der Waals surface area (Å²) in [6, 6.07) is 0.684. The molecule has 0 aliphatic carbocycles. The van der Waals surface area contributed by atoms with Gasteiger partial charge in [-0.1, -0.05) is 26.7 Å². The van der Waals surface area contributed by atoms with E-state index in [-0.39, 0.29) is 22.2 Å². The number of likely N-dealkylation sites (tertiary alicyclic amines) is 2. The molecule has 0 unspecified atom stereocenters. The van der Waals surface area contributed by atoms with Crippen molar-refractivity contribution in [3.63, 3.8) is 0 Å². The number of rotatable bonds is 15. The van der Waals surface area contributed by atoms with Crippen molar-refractivity contribution in [1.29, 1.82) is 0 Å². The van der Waals surface area contributed by atoms with Gasteiger partial charge in [0.15, 0.2) is 0 Å². The molecule has 2 aliphatic heterocycles. The van der Waals surface area contributed by atoms with E-state index in [1.54, 1.807) is 0 Å². The molecule has 11 heteroatoms. The zero-order chi connectivity index (χ0) is 35.6. The molecule has 2 fully saturated rings. The largest absolute Gasteiger partial charge is 0.338 e. The number of hydrogen-bond acceptors (Lipinski definition) is 10. The number of hydrogen-bond donors (Lipinski definition) is 3. The molecule has 1 aromatic rings. The lowest BCUT2D eigenvalue weighted by Gasteiger charge is -2.56. The zero-order valence-electron chi connectivity index (χ0n) is 32.4. The minimum Gasteiger partial charge on any atom is -0.338 e. The van der Waals surface area contributed by atoms with E-state index in [4.69, 9.17) is 38.0 Å². The average Bonchev–Trinajstić information content (AvgIpc) is 2.97. The van der Waals surface area contributed by atoms with Crippen LogP contribution in [0.4, 0.5) is 11.9 Å². The molecule has 3 heterocycles. The van der Waals surface area contributed by atoms with Gasteiger partial charge in [-0.15, -0.1) is 0 Å². The number of aromatic nitrogens is 3. The Morgan fingerprint density at radius 3 is 1.36 bits per heavy atom. The van der Waals surface area contributed by atoms with Gasteiger partial charge < -0.3 is 26.6 Å². The Hall–Kier alpha value is -1.30. The Morgan fingerprint density at radius 1 is 0.660 bits per heavy atom. The van der Waals surface area contributed by atoms with Crippen LogP contribution in [0, 0.1) is 0 Å². The third-order valence-electron chi connectivity index (χ3n) is 10.9. The Bertz CT molecular complexity index is 948. The standard InChI is InChI=1S/C31H58ClN7.C5H15N3/c1-13-15-17-38(23-19-28(3,4)36(11)29(5,6)20-23)26-33-25(32)34-27(35-26)39(18-16-14-2)24-21-30(7,8)37(12)31(9,10)22-24;6-2-1-4-8-5-3-7/h23-24H,13-22H2,1-12H3;8H,1-7H2. The quantitative estimate of drug-likeness (QED) is 0.193. The van der Waals surface area contributed by atoms with Gasteiger partial charge in [0.05, 0.1) is 0 Å². The molecule has 0 radical (unpaired) electrons. The van der Waals surface area contributed by atoms with Crippen molar-refractivity contribution >= 4 is 23.5 Å². The first-order chi connectivity index (χ1) is 21.9. The molecule has 5 N–H and O–H groups in total. The van der Waals surface area contributed by atoms with Crippen molar-refractivity contribution in [2.24, 2.45) is 11.5 Å². The number of unbranched alkanes of at least 4 members (excludes halogenated alkanes) is 2. The summed E-state index contributed by atoms with van der Waals surface area (Å²) in [4.78, 5) is 24.8. The molecule has 3 rings (SSSR count). The normalized spacial score (nSPS) is 21.3. The number of halogens is 1. The van der Waals surface area contributed by atoms with Gasteiger partial charge in [0.2, 0.25) is 17.2 Å². The topological polar surface area (TPSA) is 116 Å². The molecule has 0 amide bonds. The Morgan fingerprint density at radius 2 is 1.04 bits per heavy atom. The van der Waals surface area contributed by atoms with Crippen LogP contribution < -0.4 is 26.6 Å². The van der Waals surface area contributed by atoms with Gasteiger partial charge in [-0.25, -0.2) is 0 Å². The second-order valence-electron chi connectivity index (χ2n) is 16.5. The highest BCUT2D eigenvalue weighted by atomic mass is 35.5. The van der Waals surface area contributed by atoms with E-state index >= 15 is 0 Å². The monoisotopic (exact) mass is 681 g/mol. The van der Waals surface area contributed by atoms with E-state index < -0.39 is 0 Å². The number of piperidine rings is 2. The SMILES string of the molecule is CCCCN(c1nc(Cl)nc(N(CCCC)C2CC(C)(C)N(C)C(C)(C)C2)n1)C1CC(C)(C)N(C)C(C)(C)C1.NCCCNCCN. The highest BCUT2D eigenvalue weighted by Gasteiger charge is 2.47. The van der Waals surface area contributed by atoms with Crippen molar-refractivity contribution in [1.82, 2.24) is 30.1 Å². The van der Waals surface area contributed by atoms with Gasteiger partial charge in [0.1, 0.15) is 0 Å². The summed E-state index contributed by atoms with van der Waals surface area (Å²) >= 11 is 6.72. The molecule has 10 nitrogen and oxygen atoms in total. The molecule has 47 heavy (non-hydrogen) atoms. The van der Waals surface area contributed by atoms with E-state index in [2.05, 4.69) is 108 Å². The van der Waals surface area contributed by atoms with Crippen LogP contribution in [0.1, 0.15) is 127 Å². The molecular formula is C36H73ClN10. The minimum atomic E-state index is 0.0784. The second kappa shape index (κ2) is 18.1. The highest BCUT2D eigenvalue weighted by molar-refractivity contribution is 6.28. The van der Waals surface area contributed by atoms with Crippen LogP contribution in [-0.4, -0.2) is 112 Å². The van der Waals surface area contributed by atoms with Gasteiger partial charge in [-0.05, 0) is 139 Å². The Balaban J connectivity index is 0.000000849. The van der Waals surface area contributed by atoms with Gasteiger partial charge in [0.25, 0.3) is 0 Å². The van der Waals surface area contributed by atoms with E-state index in [9.17, 15) is 0 Å². The fourth-order valence-corrected chi connectivity index (χ4v) is 7.82. The van der Waals surface area contributed by atoms with Crippen molar-refractivity contribution < 1.29 is 0 Å². The molecule has 0 aromatic carbocycles. The van der Waals surface area contributed by atoms with Crippen LogP contribution >= 0.6 is 11.6 Å². The lowest BCUT2D eigenvalue weighted by atomic mass is 9.77. The number of nitrogens with zero attached hydrogens (tertiary/aromatic N) is 7. The predicted molar refractivity (Wildman–Crippen MR) is 203 cm³/mol. The lowest BCUT2D eigenvalue weighted by Crippen LogP contribution is -2.63. The molecule has 0 bridgehead atoms. The average molecular weight is 682 g/mol. The second-order valence-corrected chi connectivity index (χ2v) is 16.8. The number of nitrogens with one attached hydrogen (secondary N) is 1. The number of nitrogens with two attached hydrogens (primary N) is 2. The highest BCUT2D eigenvalue weighted by Crippen LogP contribution is 2.42. The number of anilines is 2. The zero-order valence-corrected chi connectivity index (χ0v) is 33.2. The summed E-state index contributed by atoms with van der Waals surface area (Å²) in [5, 5.41) is 3.43. The first-order valence-corrected chi connectivity index (χ1v) is 18.8. The van der Waals surface area contributed by atoms with Crippen LogP contribution in [0.2, 0.25) is 5.28 Å². The van der Waals surface area contributed by atoms with Crippen molar-refractivity contribution in [2.45, 2.75) is 161 Å². The van der Waals surface area contributed by atoms with Crippen LogP contribution in [0.3, 0.4) is 0 Å². The first-order valence-electron chi connectivity index (χ1n) is 18.4. The summed E-state index contributed by atoms with van der Waals surface area (Å²) in [5.41, 5.74) is 10.8. The third kappa shape index (κ3) is 11.6. The molecule has 1 aromatic heterocycles. The van der Waals surface area contributed by atoms with Crippen molar-refractivity contribution in [2.75, 3.05) is 63.2 Å². The first kappa shape index (κ1) is 41.9. The minimum absolute atomic E-state index is 0.0784. The summed E-state index contributed by atoms with van der Waals surface area (Å²) < 4.78 is 0. The Kier molecular flexibility index (Phi) is 16.1. The molecule has 0 spiro atoms. The maximum absolute atomic E-state index is 6.72. The van der Waals surface area contributed by atoms with Gasteiger partial charge >= 0.3 is 0 Å². The van der Waals surface area contributed by atoms with E-state index in [1.165, 1.54) is 0 Å². The maximum atomic E-state index is 6.72. The van der Waals surface area contributed by atoms with Gasteiger partial charge in [0, 0.05) is 60.4 Å². The van der Waals surface area contributed by atoms with Crippen LogP contribution in [0.5, 0.6) is 0 Å². The molecule has 2 saturated heterocycles. The van der Waals surface area contributed by atoms with E-state index in [1.807, 2.05) is 0 Å². The molecule has 2 aliphatic rings. The van der Waals surface area contributed by atoms with Gasteiger partial charge in [-0.2, -0.15) is 15.0 Å². The predicted octanol–water partition coefficient (Wildman–Crippen LogP) is 5.92. The molecular weight excluding hydrogens is 608 g/mol. The van der Waals surface area contributed by atoms with E-state index in [0.29, 0.717) is 23.9 Å².